The molecule has 1 unspecified atom stereocenters. The van der Waals surface area contributed by atoms with Crippen LogP contribution in [0.2, 0.25) is 0 Å². The van der Waals surface area contributed by atoms with Gasteiger partial charge in [0.1, 0.15) is 5.75 Å². The summed E-state index contributed by atoms with van der Waals surface area (Å²) in [6.07, 6.45) is 1.02. The maximum Gasteiger partial charge on any atom is 0.221 e. The number of amides is 1. The molecule has 0 saturated carbocycles. The second-order valence-corrected chi connectivity index (χ2v) is 4.05. The second-order valence-electron chi connectivity index (χ2n) is 4.05. The molecule has 2 N–H and O–H groups in total. The van der Waals surface area contributed by atoms with Crippen LogP contribution in [0.15, 0.2) is 18.2 Å². The summed E-state index contributed by atoms with van der Waals surface area (Å²) in [5.41, 5.74) is 1.66. The Morgan fingerprint density at radius 1 is 1.47 bits per heavy atom. The van der Waals surface area contributed by atoms with Gasteiger partial charge in [0.15, 0.2) is 0 Å². The fourth-order valence-corrected chi connectivity index (χ4v) is 1.47. The van der Waals surface area contributed by atoms with Crippen LogP contribution in [0.3, 0.4) is 0 Å². The summed E-state index contributed by atoms with van der Waals surface area (Å²) in [4.78, 5) is 11.0. The Hall–Kier alpha value is -1.71. The van der Waals surface area contributed by atoms with E-state index in [2.05, 4.69) is 24.5 Å². The number of hydrogen-bond donors (Lipinski definition) is 2. The Labute approximate surface area is 102 Å². The van der Waals surface area contributed by atoms with Gasteiger partial charge in [0.2, 0.25) is 5.91 Å². The predicted octanol–water partition coefficient (Wildman–Crippen LogP) is 2.86. The Balaban J connectivity index is 2.93. The van der Waals surface area contributed by atoms with E-state index in [1.807, 2.05) is 18.2 Å². The third-order valence-corrected chi connectivity index (χ3v) is 2.53. The van der Waals surface area contributed by atoms with Crippen molar-refractivity contribution in [1.29, 1.82) is 0 Å². The lowest BCUT2D eigenvalue weighted by atomic mass is 10.2. The van der Waals surface area contributed by atoms with E-state index in [-0.39, 0.29) is 5.91 Å². The molecule has 1 atom stereocenters. The lowest BCUT2D eigenvalue weighted by molar-refractivity contribution is -0.114. The van der Waals surface area contributed by atoms with Crippen LogP contribution in [-0.2, 0) is 4.79 Å². The molecule has 1 aromatic rings. The first-order valence-electron chi connectivity index (χ1n) is 5.79. The van der Waals surface area contributed by atoms with Crippen LogP contribution in [0.4, 0.5) is 11.4 Å². The van der Waals surface area contributed by atoms with Crippen molar-refractivity contribution >= 4 is 17.3 Å². The van der Waals surface area contributed by atoms with Crippen LogP contribution in [0.5, 0.6) is 5.75 Å². The number of methoxy groups -OCH3 is 1. The molecule has 1 aromatic carbocycles. The monoisotopic (exact) mass is 236 g/mol. The van der Waals surface area contributed by atoms with Crippen molar-refractivity contribution in [2.45, 2.75) is 33.2 Å². The number of rotatable bonds is 5. The average Bonchev–Trinajstić information content (AvgIpc) is 2.28. The zero-order valence-electron chi connectivity index (χ0n) is 10.8. The molecular formula is C13H20N2O2. The van der Waals surface area contributed by atoms with Gasteiger partial charge in [0, 0.05) is 18.7 Å². The maximum absolute atomic E-state index is 11.0. The fraction of sp³-hybridized carbons (Fsp3) is 0.462. The van der Waals surface area contributed by atoms with E-state index < -0.39 is 0 Å². The van der Waals surface area contributed by atoms with Crippen LogP contribution >= 0.6 is 0 Å². The molecule has 0 bridgehead atoms. The standard InChI is InChI=1S/C13H20N2O2/c1-5-9(2)14-12-8-11(15-10(3)16)6-7-13(12)17-4/h6-9,14H,5H2,1-4H3,(H,15,16). The normalized spacial score (nSPS) is 11.8. The van der Waals surface area contributed by atoms with Crippen LogP contribution in [0, 0.1) is 0 Å². The number of ether oxygens (including phenoxy) is 1. The minimum atomic E-state index is -0.0790. The number of benzene rings is 1. The number of carbonyl (C=O) groups excluding carboxylic acids is 1. The van der Waals surface area contributed by atoms with Gasteiger partial charge >= 0.3 is 0 Å². The maximum atomic E-state index is 11.0. The van der Waals surface area contributed by atoms with E-state index in [0.717, 1.165) is 23.5 Å². The molecular weight excluding hydrogens is 216 g/mol. The Kier molecular flexibility index (Phi) is 4.82. The van der Waals surface area contributed by atoms with Gasteiger partial charge in [-0.3, -0.25) is 4.79 Å². The van der Waals surface area contributed by atoms with Crippen molar-refractivity contribution in [3.05, 3.63) is 18.2 Å². The summed E-state index contributed by atoms with van der Waals surface area (Å²) in [7, 11) is 1.63. The molecule has 0 saturated heterocycles. The molecule has 0 aliphatic carbocycles. The Morgan fingerprint density at radius 3 is 2.71 bits per heavy atom. The van der Waals surface area contributed by atoms with E-state index >= 15 is 0 Å². The molecule has 17 heavy (non-hydrogen) atoms. The van der Waals surface area contributed by atoms with Crippen LogP contribution in [-0.4, -0.2) is 19.1 Å². The van der Waals surface area contributed by atoms with E-state index in [1.165, 1.54) is 6.92 Å². The van der Waals surface area contributed by atoms with Crippen molar-refractivity contribution in [2.24, 2.45) is 0 Å². The molecule has 94 valence electrons. The lowest BCUT2D eigenvalue weighted by Gasteiger charge is -2.17. The zero-order chi connectivity index (χ0) is 12.8. The molecule has 0 radical (unpaired) electrons. The van der Waals surface area contributed by atoms with Gasteiger partial charge in [-0.25, -0.2) is 0 Å². The van der Waals surface area contributed by atoms with E-state index in [1.54, 1.807) is 7.11 Å². The van der Waals surface area contributed by atoms with Crippen LogP contribution < -0.4 is 15.4 Å². The van der Waals surface area contributed by atoms with Gasteiger partial charge in [-0.2, -0.15) is 0 Å². The Bertz CT molecular complexity index is 391. The molecule has 0 aliphatic heterocycles. The predicted molar refractivity (Wildman–Crippen MR) is 70.7 cm³/mol. The molecule has 4 heteroatoms. The minimum absolute atomic E-state index is 0.0790. The first kappa shape index (κ1) is 13.4. The van der Waals surface area contributed by atoms with Gasteiger partial charge in [-0.05, 0) is 31.5 Å². The van der Waals surface area contributed by atoms with Crippen molar-refractivity contribution in [3.63, 3.8) is 0 Å². The number of hydrogen-bond acceptors (Lipinski definition) is 3. The van der Waals surface area contributed by atoms with Gasteiger partial charge in [-0.1, -0.05) is 6.92 Å². The van der Waals surface area contributed by atoms with Gasteiger partial charge in [0.05, 0.1) is 12.8 Å². The van der Waals surface area contributed by atoms with Gasteiger partial charge in [0.25, 0.3) is 0 Å². The highest BCUT2D eigenvalue weighted by molar-refractivity contribution is 5.89. The van der Waals surface area contributed by atoms with Crippen LogP contribution in [0.25, 0.3) is 0 Å². The van der Waals surface area contributed by atoms with Crippen molar-refractivity contribution in [2.75, 3.05) is 17.7 Å². The molecule has 0 spiro atoms. The largest absolute Gasteiger partial charge is 0.495 e. The fourth-order valence-electron chi connectivity index (χ4n) is 1.47. The first-order chi connectivity index (χ1) is 8.06. The summed E-state index contributed by atoms with van der Waals surface area (Å²) in [5, 5.41) is 6.10. The highest BCUT2D eigenvalue weighted by Crippen LogP contribution is 2.28. The SMILES string of the molecule is CCC(C)Nc1cc(NC(C)=O)ccc1OC. The third kappa shape index (κ3) is 3.98. The summed E-state index contributed by atoms with van der Waals surface area (Å²) in [6, 6.07) is 5.90. The molecule has 0 heterocycles. The van der Waals surface area contributed by atoms with E-state index in [0.29, 0.717) is 6.04 Å². The summed E-state index contributed by atoms with van der Waals surface area (Å²) in [5.74, 6) is 0.698. The van der Waals surface area contributed by atoms with Gasteiger partial charge in [-0.15, -0.1) is 0 Å². The summed E-state index contributed by atoms with van der Waals surface area (Å²) < 4.78 is 5.28. The van der Waals surface area contributed by atoms with Crippen molar-refractivity contribution in [1.82, 2.24) is 0 Å². The van der Waals surface area contributed by atoms with Crippen molar-refractivity contribution < 1.29 is 9.53 Å². The molecule has 1 rings (SSSR count). The van der Waals surface area contributed by atoms with E-state index in [9.17, 15) is 4.79 Å². The Morgan fingerprint density at radius 2 is 2.18 bits per heavy atom. The topological polar surface area (TPSA) is 50.4 Å². The molecule has 0 aliphatic rings. The highest BCUT2D eigenvalue weighted by atomic mass is 16.5. The lowest BCUT2D eigenvalue weighted by Crippen LogP contribution is -2.14. The van der Waals surface area contributed by atoms with E-state index in [4.69, 9.17) is 4.74 Å². The zero-order valence-corrected chi connectivity index (χ0v) is 10.8. The van der Waals surface area contributed by atoms with Crippen molar-refractivity contribution in [3.8, 4) is 5.75 Å². The number of carbonyl (C=O) groups is 1. The minimum Gasteiger partial charge on any atom is -0.495 e. The first-order valence-corrected chi connectivity index (χ1v) is 5.79. The number of anilines is 2. The summed E-state index contributed by atoms with van der Waals surface area (Å²) >= 11 is 0. The third-order valence-electron chi connectivity index (χ3n) is 2.53. The van der Waals surface area contributed by atoms with Crippen LogP contribution in [0.1, 0.15) is 27.2 Å². The second kappa shape index (κ2) is 6.13. The smallest absolute Gasteiger partial charge is 0.221 e. The highest BCUT2D eigenvalue weighted by Gasteiger charge is 2.07. The molecule has 4 nitrogen and oxygen atoms in total. The molecule has 1 amide bonds. The average molecular weight is 236 g/mol. The summed E-state index contributed by atoms with van der Waals surface area (Å²) in [6.45, 7) is 5.71. The molecule has 0 fully saturated rings. The quantitative estimate of drug-likeness (QED) is 0.826. The van der Waals surface area contributed by atoms with Gasteiger partial charge < -0.3 is 15.4 Å². The molecule has 0 aromatic heterocycles. The number of nitrogens with one attached hydrogen (secondary N) is 2.